The van der Waals surface area contributed by atoms with Gasteiger partial charge in [-0.3, -0.25) is 0 Å². The van der Waals surface area contributed by atoms with Crippen LogP contribution in [0.5, 0.6) is 0 Å². The largest absolute Gasteiger partial charge is 0.480 e. The predicted octanol–water partition coefficient (Wildman–Crippen LogP) is 2.00. The third-order valence-electron chi connectivity index (χ3n) is 3.00. The van der Waals surface area contributed by atoms with Gasteiger partial charge in [-0.15, -0.1) is 0 Å². The summed E-state index contributed by atoms with van der Waals surface area (Å²) in [5, 5.41) is 21.5. The van der Waals surface area contributed by atoms with Crippen LogP contribution >= 0.6 is 34.2 Å². The summed E-state index contributed by atoms with van der Waals surface area (Å²) >= 11 is 8.09. The maximum atomic E-state index is 12.1. The van der Waals surface area contributed by atoms with Gasteiger partial charge in [-0.25, -0.2) is 9.59 Å². The highest BCUT2D eigenvalue weighted by Crippen LogP contribution is 2.25. The number of urea groups is 1. The molecule has 1 unspecified atom stereocenters. The first-order chi connectivity index (χ1) is 9.38. The number of carbonyl (C=O) groups excluding carboxylic acids is 1. The Labute approximate surface area is 133 Å². The van der Waals surface area contributed by atoms with Crippen molar-refractivity contribution in [3.05, 3.63) is 26.8 Å². The summed E-state index contributed by atoms with van der Waals surface area (Å²) in [7, 11) is 0. The average molecular weight is 411 g/mol. The molecule has 6 nitrogen and oxygen atoms in total. The number of carboxylic acid groups (broad SMARTS) is 1. The topological polar surface area (TPSA) is 89.9 Å². The summed E-state index contributed by atoms with van der Waals surface area (Å²) in [6.45, 7) is -0.00914. The molecule has 0 saturated carbocycles. The zero-order chi connectivity index (χ0) is 14.9. The standard InChI is InChI=1S/C12H12ClIN2O4/c13-8-3-6(14)1-2-9(8)15-12(20)16-5-7(17)4-10(16)11(18)19/h1-3,7,10,17H,4-5H2,(H,15,20)(H,18,19)/t7?,10-/m0/s1. The molecule has 2 amide bonds. The summed E-state index contributed by atoms with van der Waals surface area (Å²) < 4.78 is 0.922. The number of likely N-dealkylation sites (tertiary alicyclic amines) is 1. The number of halogens is 2. The van der Waals surface area contributed by atoms with E-state index in [9.17, 15) is 14.7 Å². The van der Waals surface area contributed by atoms with Crippen LogP contribution in [0.2, 0.25) is 5.02 Å². The van der Waals surface area contributed by atoms with E-state index >= 15 is 0 Å². The van der Waals surface area contributed by atoms with Crippen LogP contribution in [-0.4, -0.2) is 45.8 Å². The third-order valence-corrected chi connectivity index (χ3v) is 3.98. The molecule has 1 aromatic rings. The predicted molar refractivity (Wildman–Crippen MR) is 81.9 cm³/mol. The first kappa shape index (κ1) is 15.3. The lowest BCUT2D eigenvalue weighted by Gasteiger charge is -2.21. The zero-order valence-electron chi connectivity index (χ0n) is 10.2. The van der Waals surface area contributed by atoms with Gasteiger partial charge in [0, 0.05) is 16.5 Å². The molecule has 2 rings (SSSR count). The summed E-state index contributed by atoms with van der Waals surface area (Å²) in [5.41, 5.74) is 0.405. The van der Waals surface area contributed by atoms with E-state index in [4.69, 9.17) is 16.7 Å². The van der Waals surface area contributed by atoms with E-state index in [1.54, 1.807) is 18.2 Å². The highest BCUT2D eigenvalue weighted by atomic mass is 127. The second-order valence-corrected chi connectivity index (χ2v) is 6.10. The number of benzene rings is 1. The Bertz CT molecular complexity index is 554. The van der Waals surface area contributed by atoms with Gasteiger partial charge in [-0.05, 0) is 40.8 Å². The van der Waals surface area contributed by atoms with Crippen LogP contribution in [0.3, 0.4) is 0 Å². The fourth-order valence-electron chi connectivity index (χ4n) is 2.05. The number of hydrogen-bond donors (Lipinski definition) is 3. The monoisotopic (exact) mass is 410 g/mol. The number of carbonyl (C=O) groups is 2. The first-order valence-corrected chi connectivity index (χ1v) is 7.27. The molecule has 3 N–H and O–H groups in total. The second kappa shape index (κ2) is 6.15. The molecule has 20 heavy (non-hydrogen) atoms. The second-order valence-electron chi connectivity index (χ2n) is 4.45. The molecule has 108 valence electrons. The van der Waals surface area contributed by atoms with Crippen molar-refractivity contribution < 1.29 is 19.8 Å². The van der Waals surface area contributed by atoms with Crippen molar-refractivity contribution in [3.63, 3.8) is 0 Å². The van der Waals surface area contributed by atoms with Crippen LogP contribution in [0, 0.1) is 3.57 Å². The van der Waals surface area contributed by atoms with Gasteiger partial charge < -0.3 is 20.4 Å². The highest BCUT2D eigenvalue weighted by Gasteiger charge is 2.39. The molecule has 2 atom stereocenters. The van der Waals surface area contributed by atoms with E-state index in [0.29, 0.717) is 10.7 Å². The Balaban J connectivity index is 2.13. The van der Waals surface area contributed by atoms with Crippen molar-refractivity contribution in [2.24, 2.45) is 0 Å². The maximum absolute atomic E-state index is 12.1. The molecule has 1 saturated heterocycles. The summed E-state index contributed by atoms with van der Waals surface area (Å²) in [6, 6.07) is 3.50. The molecule has 0 radical (unpaired) electrons. The fourth-order valence-corrected chi connectivity index (χ4v) is 2.95. The van der Waals surface area contributed by atoms with Gasteiger partial charge in [0.2, 0.25) is 0 Å². The van der Waals surface area contributed by atoms with Gasteiger partial charge in [0.1, 0.15) is 6.04 Å². The van der Waals surface area contributed by atoms with Crippen molar-refractivity contribution in [2.75, 3.05) is 11.9 Å². The first-order valence-electron chi connectivity index (χ1n) is 5.82. The van der Waals surface area contributed by atoms with Crippen LogP contribution in [0.25, 0.3) is 0 Å². The van der Waals surface area contributed by atoms with E-state index in [1.165, 1.54) is 0 Å². The van der Waals surface area contributed by atoms with Crippen LogP contribution in [0.15, 0.2) is 18.2 Å². The molecule has 1 aliphatic rings. The van der Waals surface area contributed by atoms with E-state index in [1.807, 2.05) is 0 Å². The number of aliphatic hydroxyl groups excluding tert-OH is 1. The number of rotatable bonds is 2. The Morgan fingerprint density at radius 1 is 1.45 bits per heavy atom. The third kappa shape index (κ3) is 3.33. The number of nitrogens with one attached hydrogen (secondary N) is 1. The van der Waals surface area contributed by atoms with Crippen LogP contribution < -0.4 is 5.32 Å². The minimum Gasteiger partial charge on any atom is -0.480 e. The van der Waals surface area contributed by atoms with Gasteiger partial charge in [-0.1, -0.05) is 11.6 Å². The smallest absolute Gasteiger partial charge is 0.326 e. The number of aliphatic hydroxyl groups is 1. The van der Waals surface area contributed by atoms with Crippen LogP contribution in [0.4, 0.5) is 10.5 Å². The lowest BCUT2D eigenvalue weighted by atomic mass is 10.2. The van der Waals surface area contributed by atoms with Gasteiger partial charge in [0.15, 0.2) is 0 Å². The van der Waals surface area contributed by atoms with Crippen LogP contribution in [-0.2, 0) is 4.79 Å². The minimum absolute atomic E-state index is 0.00914. The average Bonchev–Trinajstić information content (AvgIpc) is 2.75. The summed E-state index contributed by atoms with van der Waals surface area (Å²) in [5.74, 6) is -1.13. The molecule has 1 aromatic carbocycles. The van der Waals surface area contributed by atoms with Crippen LogP contribution in [0.1, 0.15) is 6.42 Å². The highest BCUT2D eigenvalue weighted by molar-refractivity contribution is 14.1. The Kier molecular flexibility index (Phi) is 4.71. The van der Waals surface area contributed by atoms with Crippen molar-refractivity contribution >= 4 is 51.9 Å². The summed E-state index contributed by atoms with van der Waals surface area (Å²) in [4.78, 5) is 24.3. The number of anilines is 1. The minimum atomic E-state index is -1.13. The van der Waals surface area contributed by atoms with E-state index < -0.39 is 24.1 Å². The number of β-amino-alcohol motifs (C(OH)–C–C–N with tert-alkyl or cyclic N) is 1. The SMILES string of the molecule is O=C(O)[C@@H]1CC(O)CN1C(=O)Nc1ccc(I)cc1Cl. The molecule has 8 heteroatoms. The number of hydrogen-bond acceptors (Lipinski definition) is 3. The molecule has 0 bridgehead atoms. The molecule has 0 spiro atoms. The Hall–Kier alpha value is -1.06. The number of amides is 2. The van der Waals surface area contributed by atoms with Gasteiger partial charge in [0.25, 0.3) is 0 Å². The van der Waals surface area contributed by atoms with Crippen molar-refractivity contribution in [3.8, 4) is 0 Å². The molecule has 0 aromatic heterocycles. The maximum Gasteiger partial charge on any atom is 0.326 e. The molecule has 1 aliphatic heterocycles. The van der Waals surface area contributed by atoms with Gasteiger partial charge in [0.05, 0.1) is 16.8 Å². The van der Waals surface area contributed by atoms with Crippen molar-refractivity contribution in [1.29, 1.82) is 0 Å². The number of carboxylic acids is 1. The van der Waals surface area contributed by atoms with Crippen molar-refractivity contribution in [2.45, 2.75) is 18.6 Å². The van der Waals surface area contributed by atoms with Crippen molar-refractivity contribution in [1.82, 2.24) is 4.90 Å². The Morgan fingerprint density at radius 2 is 2.15 bits per heavy atom. The van der Waals surface area contributed by atoms with E-state index in [-0.39, 0.29) is 13.0 Å². The molecule has 0 aliphatic carbocycles. The lowest BCUT2D eigenvalue weighted by molar-refractivity contribution is -0.141. The number of aliphatic carboxylic acids is 1. The molecule has 1 fully saturated rings. The summed E-state index contributed by atoms with van der Waals surface area (Å²) in [6.07, 6.45) is -0.794. The van der Waals surface area contributed by atoms with Gasteiger partial charge >= 0.3 is 12.0 Å². The molecule has 1 heterocycles. The lowest BCUT2D eigenvalue weighted by Crippen LogP contribution is -2.43. The fraction of sp³-hybridized carbons (Fsp3) is 0.333. The zero-order valence-corrected chi connectivity index (χ0v) is 13.1. The normalized spacial score (nSPS) is 21.9. The molecular weight excluding hydrogens is 398 g/mol. The quantitative estimate of drug-likeness (QED) is 0.651. The van der Waals surface area contributed by atoms with E-state index in [2.05, 4.69) is 27.9 Å². The van der Waals surface area contributed by atoms with Gasteiger partial charge in [-0.2, -0.15) is 0 Å². The molecular formula is C12H12ClIN2O4. The Morgan fingerprint density at radius 3 is 2.75 bits per heavy atom. The number of nitrogens with zero attached hydrogens (tertiary/aromatic N) is 1. The van der Waals surface area contributed by atoms with E-state index in [0.717, 1.165) is 8.47 Å².